The average Bonchev–Trinajstić information content (AvgIpc) is 2.69. The molecular weight excluding hydrogens is 400 g/mol. The van der Waals surface area contributed by atoms with E-state index in [4.69, 9.17) is 15.1 Å². The Bertz CT molecular complexity index is 931. The van der Waals surface area contributed by atoms with Crippen molar-refractivity contribution >= 4 is 21.7 Å². The van der Waals surface area contributed by atoms with Crippen LogP contribution >= 0.6 is 0 Å². The number of sulfone groups is 1. The van der Waals surface area contributed by atoms with Crippen LogP contribution < -0.4 is 10.8 Å². The van der Waals surface area contributed by atoms with E-state index in [1.54, 1.807) is 24.3 Å². The number of methoxy groups -OCH3 is 1. The van der Waals surface area contributed by atoms with Crippen LogP contribution in [-0.2, 0) is 19.4 Å². The van der Waals surface area contributed by atoms with Crippen LogP contribution in [0.3, 0.4) is 0 Å². The third kappa shape index (κ3) is 5.65. The van der Waals surface area contributed by atoms with Crippen LogP contribution in [0.25, 0.3) is 0 Å². The number of nitrogens with one attached hydrogen (secondary N) is 2. The number of hydroxylamine groups is 1. The lowest BCUT2D eigenvalue weighted by molar-refractivity contribution is -0.138. The number of amides is 2. The lowest BCUT2D eigenvalue weighted by atomic mass is 9.95. The number of hydrogen-bond donors (Lipinski definition) is 4. The molecule has 1 fully saturated rings. The molecule has 10 heteroatoms. The number of rotatable bonds is 7. The van der Waals surface area contributed by atoms with Gasteiger partial charge in [0.15, 0.2) is 9.84 Å². The van der Waals surface area contributed by atoms with E-state index >= 15 is 0 Å². The molecule has 1 unspecified atom stereocenters. The Morgan fingerprint density at radius 2 is 1.97 bits per heavy atom. The Morgan fingerprint density at radius 1 is 1.31 bits per heavy atom. The van der Waals surface area contributed by atoms with Crippen molar-refractivity contribution in [3.63, 3.8) is 0 Å². The van der Waals surface area contributed by atoms with Gasteiger partial charge in [0, 0.05) is 24.8 Å². The summed E-state index contributed by atoms with van der Waals surface area (Å²) in [6, 6.07) is 4.83. The zero-order valence-electron chi connectivity index (χ0n) is 15.7. The Morgan fingerprint density at radius 3 is 2.48 bits per heavy atom. The molecule has 4 N–H and O–H groups in total. The van der Waals surface area contributed by atoms with Crippen molar-refractivity contribution in [1.29, 1.82) is 0 Å². The van der Waals surface area contributed by atoms with E-state index in [0.29, 0.717) is 12.0 Å². The van der Waals surface area contributed by atoms with Crippen LogP contribution in [0.1, 0.15) is 22.3 Å². The fraction of sp³-hybridized carbons (Fsp3) is 0.368. The van der Waals surface area contributed by atoms with Gasteiger partial charge in [-0.2, -0.15) is 0 Å². The van der Waals surface area contributed by atoms with E-state index in [1.165, 1.54) is 24.7 Å². The molecule has 2 rings (SSSR count). The topological polar surface area (TPSA) is 142 Å². The minimum atomic E-state index is -3.38. The van der Waals surface area contributed by atoms with Crippen molar-refractivity contribution in [3.05, 3.63) is 47.5 Å². The first-order valence-electron chi connectivity index (χ1n) is 8.65. The molecule has 0 spiro atoms. The van der Waals surface area contributed by atoms with E-state index in [-0.39, 0.29) is 12.2 Å². The van der Waals surface area contributed by atoms with Crippen LogP contribution in [0, 0.1) is 11.8 Å². The quantitative estimate of drug-likeness (QED) is 0.261. The van der Waals surface area contributed by atoms with Crippen molar-refractivity contribution in [2.24, 2.45) is 0 Å². The Kier molecular flexibility index (Phi) is 7.53. The summed E-state index contributed by atoms with van der Waals surface area (Å²) < 4.78 is 28.4. The molecule has 1 atom stereocenters. The lowest BCUT2D eigenvalue weighted by Gasteiger charge is -2.44. The Hall–Kier alpha value is -2.71. The Balaban J connectivity index is 2.12. The van der Waals surface area contributed by atoms with Crippen molar-refractivity contribution < 1.29 is 33.1 Å². The van der Waals surface area contributed by atoms with Gasteiger partial charge in [0.2, 0.25) is 0 Å². The average molecular weight is 422 g/mol. The third-order valence-corrected chi connectivity index (χ3v) is 6.23. The summed E-state index contributed by atoms with van der Waals surface area (Å²) in [6.45, 7) is 0.0492. The Labute approximate surface area is 168 Å². The maximum Gasteiger partial charge on any atom is 0.268 e. The number of hydrogen-bond acceptors (Lipinski definition) is 7. The lowest BCUT2D eigenvalue weighted by Crippen LogP contribution is -2.71. The minimum absolute atomic E-state index is 0.0492. The monoisotopic (exact) mass is 422 g/mol. The molecular formula is C19H22N2O7S. The van der Waals surface area contributed by atoms with E-state index < -0.39 is 44.8 Å². The molecule has 1 heterocycles. The highest BCUT2D eigenvalue weighted by molar-refractivity contribution is 7.93. The molecule has 0 bridgehead atoms. The highest BCUT2D eigenvalue weighted by atomic mass is 32.2. The van der Waals surface area contributed by atoms with Gasteiger partial charge in [-0.15, -0.1) is 0 Å². The first-order valence-corrected chi connectivity index (χ1v) is 10.5. The smallest absolute Gasteiger partial charge is 0.268 e. The predicted molar refractivity (Wildman–Crippen MR) is 104 cm³/mol. The molecule has 0 aliphatic carbocycles. The van der Waals surface area contributed by atoms with Gasteiger partial charge in [0.1, 0.15) is 11.6 Å². The normalized spacial score (nSPS) is 17.5. The number of allylic oxidation sites excluding steroid dienone is 1. The van der Waals surface area contributed by atoms with Crippen molar-refractivity contribution in [3.8, 4) is 11.8 Å². The zero-order chi connectivity index (χ0) is 21.5. The molecule has 1 aliphatic rings. The van der Waals surface area contributed by atoms with Crippen LogP contribution in [-0.4, -0.2) is 67.4 Å². The summed E-state index contributed by atoms with van der Waals surface area (Å²) in [7, 11) is -2.14. The number of aliphatic hydroxyl groups excluding tert-OH is 1. The largest absolute Gasteiger partial charge is 0.396 e. The molecule has 2 amide bonds. The van der Waals surface area contributed by atoms with Gasteiger partial charge in [0.05, 0.1) is 11.5 Å². The van der Waals surface area contributed by atoms with Crippen LogP contribution in [0.5, 0.6) is 0 Å². The second-order valence-corrected chi connectivity index (χ2v) is 8.51. The molecule has 0 aromatic heterocycles. The molecule has 156 valence electrons. The molecule has 0 radical (unpaired) electrons. The van der Waals surface area contributed by atoms with Gasteiger partial charge in [-0.1, -0.05) is 17.9 Å². The molecule has 29 heavy (non-hydrogen) atoms. The van der Waals surface area contributed by atoms with E-state index in [9.17, 15) is 18.0 Å². The summed E-state index contributed by atoms with van der Waals surface area (Å²) in [5.74, 6) is 3.14. The van der Waals surface area contributed by atoms with Gasteiger partial charge < -0.3 is 15.2 Å². The highest BCUT2D eigenvalue weighted by Gasteiger charge is 2.57. The standard InChI is InChI=1S/C19H22N2O7S/c1-28-19(12-29(26,27)13-19)16(18(24)21-25)20-17(23)15-9-7-14(8-10-15)6-4-2-3-5-11-22/h2-3,7-10,16,22,25H,5,11-13H2,1H3,(H,20,23)(H,21,24)/b3-2+. The highest BCUT2D eigenvalue weighted by Crippen LogP contribution is 2.31. The van der Waals surface area contributed by atoms with Crippen LogP contribution in [0.2, 0.25) is 0 Å². The molecule has 0 saturated carbocycles. The fourth-order valence-electron chi connectivity index (χ4n) is 2.87. The van der Waals surface area contributed by atoms with Crippen LogP contribution in [0.4, 0.5) is 0 Å². The first-order chi connectivity index (χ1) is 13.8. The second kappa shape index (κ2) is 9.67. The van der Waals surface area contributed by atoms with Gasteiger partial charge in [0.25, 0.3) is 11.8 Å². The SMILES string of the molecule is COC1(C(NC(=O)c2ccc(C#C/C=C/CCO)cc2)C(=O)NO)CS(=O)(=O)C1. The fourth-order valence-corrected chi connectivity index (χ4v) is 4.84. The number of ether oxygens (including phenoxy) is 1. The molecule has 9 nitrogen and oxygen atoms in total. The summed E-state index contributed by atoms with van der Waals surface area (Å²) in [5.41, 5.74) is 0.854. The molecule has 1 aromatic rings. The summed E-state index contributed by atoms with van der Waals surface area (Å²) in [5, 5.41) is 20.1. The number of aliphatic hydroxyl groups is 1. The van der Waals surface area contributed by atoms with Gasteiger partial charge in [-0.3, -0.25) is 14.8 Å². The second-order valence-electron chi connectivity index (χ2n) is 6.45. The van der Waals surface area contributed by atoms with E-state index in [2.05, 4.69) is 17.2 Å². The van der Waals surface area contributed by atoms with E-state index in [1.807, 2.05) is 0 Å². The first kappa shape index (κ1) is 22.6. The zero-order valence-corrected chi connectivity index (χ0v) is 16.5. The van der Waals surface area contributed by atoms with Gasteiger partial charge >= 0.3 is 0 Å². The predicted octanol–water partition coefficient (Wildman–Crippen LogP) is -0.606. The summed E-state index contributed by atoms with van der Waals surface area (Å²) >= 11 is 0. The van der Waals surface area contributed by atoms with Crippen molar-refractivity contribution in [2.75, 3.05) is 25.2 Å². The minimum Gasteiger partial charge on any atom is -0.396 e. The molecule has 1 aromatic carbocycles. The molecule has 1 saturated heterocycles. The number of benzene rings is 1. The van der Waals surface area contributed by atoms with Crippen molar-refractivity contribution in [1.82, 2.24) is 10.8 Å². The third-order valence-electron chi connectivity index (χ3n) is 4.37. The molecule has 1 aliphatic heterocycles. The maximum atomic E-state index is 12.5. The van der Waals surface area contributed by atoms with Gasteiger partial charge in [-0.05, 0) is 36.8 Å². The summed E-state index contributed by atoms with van der Waals surface area (Å²) in [6.07, 6.45) is 3.86. The van der Waals surface area contributed by atoms with E-state index in [0.717, 1.165) is 0 Å². The number of carbonyl (C=O) groups excluding carboxylic acids is 2. The van der Waals surface area contributed by atoms with Gasteiger partial charge in [-0.25, -0.2) is 13.9 Å². The number of carbonyl (C=O) groups is 2. The summed E-state index contributed by atoms with van der Waals surface area (Å²) in [4.78, 5) is 24.6. The van der Waals surface area contributed by atoms with Crippen molar-refractivity contribution in [2.45, 2.75) is 18.1 Å². The maximum absolute atomic E-state index is 12.5. The van der Waals surface area contributed by atoms with Crippen LogP contribution in [0.15, 0.2) is 36.4 Å².